The minimum Gasteiger partial charge on any atom is -0.466 e. The summed E-state index contributed by atoms with van der Waals surface area (Å²) in [6.07, 6.45) is -1.41. The van der Waals surface area contributed by atoms with E-state index in [0.29, 0.717) is 4.47 Å². The number of hydrogen-bond donors (Lipinski definition) is 3. The van der Waals surface area contributed by atoms with Crippen molar-refractivity contribution in [3.63, 3.8) is 0 Å². The molecule has 0 aliphatic rings. The smallest absolute Gasteiger partial charge is 0.308 e. The Morgan fingerprint density at radius 1 is 1.61 bits per heavy atom. The Labute approximate surface area is 113 Å². The number of carbonyl (C=O) groups excluding carboxylic acids is 1. The zero-order chi connectivity index (χ0) is 13.7. The lowest BCUT2D eigenvalue weighted by molar-refractivity contribution is -0.147. The molecule has 1 aromatic heterocycles. The molecule has 0 aromatic carbocycles. The van der Waals surface area contributed by atoms with Crippen LogP contribution < -0.4 is 5.73 Å². The molecule has 0 bridgehead atoms. The van der Waals surface area contributed by atoms with Gasteiger partial charge in [0.15, 0.2) is 0 Å². The van der Waals surface area contributed by atoms with Crippen LogP contribution in [0.4, 0.5) is 5.82 Å². The van der Waals surface area contributed by atoms with Gasteiger partial charge in [-0.05, 0) is 28.9 Å². The molecule has 7 heteroatoms. The first-order valence-electron chi connectivity index (χ1n) is 5.38. The highest BCUT2D eigenvalue weighted by atomic mass is 79.9. The van der Waals surface area contributed by atoms with Crippen LogP contribution in [0.15, 0.2) is 16.7 Å². The van der Waals surface area contributed by atoms with E-state index in [-0.39, 0.29) is 24.4 Å². The van der Waals surface area contributed by atoms with Crippen LogP contribution in [0.25, 0.3) is 0 Å². The van der Waals surface area contributed by atoms with Gasteiger partial charge in [0.05, 0.1) is 19.1 Å². The van der Waals surface area contributed by atoms with Gasteiger partial charge in [0.2, 0.25) is 0 Å². The molecule has 0 amide bonds. The van der Waals surface area contributed by atoms with Crippen LogP contribution in [0.2, 0.25) is 0 Å². The van der Waals surface area contributed by atoms with Crippen molar-refractivity contribution >= 4 is 27.7 Å². The predicted molar refractivity (Wildman–Crippen MR) is 68.6 cm³/mol. The third-order valence-electron chi connectivity index (χ3n) is 2.28. The minimum atomic E-state index is -1.29. The molecule has 100 valence electrons. The second-order valence-corrected chi connectivity index (χ2v) is 4.57. The normalized spacial score (nSPS) is 14.0. The number of anilines is 1. The number of halogens is 1. The molecule has 0 saturated heterocycles. The summed E-state index contributed by atoms with van der Waals surface area (Å²) >= 11 is 3.19. The SMILES string of the molecule is CCOC(=O)CC(O)C(O)c1cc(Br)cnc1N. The lowest BCUT2D eigenvalue weighted by Gasteiger charge is -2.18. The fourth-order valence-electron chi connectivity index (χ4n) is 1.41. The Kier molecular flexibility index (Phi) is 5.52. The first kappa shape index (κ1) is 14.9. The molecule has 6 nitrogen and oxygen atoms in total. The number of hydrogen-bond acceptors (Lipinski definition) is 6. The van der Waals surface area contributed by atoms with E-state index in [9.17, 15) is 15.0 Å². The molecule has 1 rings (SSSR count). The van der Waals surface area contributed by atoms with Crippen molar-refractivity contribution in [2.45, 2.75) is 25.6 Å². The summed E-state index contributed by atoms with van der Waals surface area (Å²) in [6.45, 7) is 1.89. The highest BCUT2D eigenvalue weighted by molar-refractivity contribution is 9.10. The third kappa shape index (κ3) is 3.94. The predicted octanol–water partition coefficient (Wildman–Crippen LogP) is 0.774. The molecule has 0 aliphatic heterocycles. The molecular formula is C11H15BrN2O4. The van der Waals surface area contributed by atoms with Gasteiger partial charge in [-0.25, -0.2) is 4.98 Å². The molecule has 0 saturated carbocycles. The number of aliphatic hydroxyl groups excluding tert-OH is 2. The van der Waals surface area contributed by atoms with Gasteiger partial charge in [0.1, 0.15) is 11.9 Å². The second kappa shape index (κ2) is 6.67. The van der Waals surface area contributed by atoms with Crippen molar-refractivity contribution in [3.8, 4) is 0 Å². The average Bonchev–Trinajstić information content (AvgIpc) is 2.31. The van der Waals surface area contributed by atoms with E-state index in [1.807, 2.05) is 0 Å². The molecular weight excluding hydrogens is 304 g/mol. The van der Waals surface area contributed by atoms with E-state index in [4.69, 9.17) is 5.73 Å². The van der Waals surface area contributed by atoms with E-state index in [1.165, 1.54) is 6.20 Å². The Morgan fingerprint density at radius 2 is 2.28 bits per heavy atom. The molecule has 2 unspecified atom stereocenters. The third-order valence-corrected chi connectivity index (χ3v) is 2.71. The first-order valence-corrected chi connectivity index (χ1v) is 6.17. The van der Waals surface area contributed by atoms with Gasteiger partial charge in [-0.3, -0.25) is 4.79 Å². The number of ether oxygens (including phenoxy) is 1. The maximum absolute atomic E-state index is 11.2. The number of carbonyl (C=O) groups is 1. The van der Waals surface area contributed by atoms with Gasteiger partial charge in [-0.15, -0.1) is 0 Å². The maximum Gasteiger partial charge on any atom is 0.308 e. The molecule has 0 aliphatic carbocycles. The van der Waals surface area contributed by atoms with E-state index in [2.05, 4.69) is 25.7 Å². The summed E-state index contributed by atoms with van der Waals surface area (Å²) in [6, 6.07) is 1.54. The second-order valence-electron chi connectivity index (χ2n) is 3.65. The van der Waals surface area contributed by atoms with Crippen molar-refractivity contribution in [1.82, 2.24) is 4.98 Å². The molecule has 4 N–H and O–H groups in total. The molecule has 2 atom stereocenters. The monoisotopic (exact) mass is 318 g/mol. The van der Waals surface area contributed by atoms with Gasteiger partial charge < -0.3 is 20.7 Å². The summed E-state index contributed by atoms with van der Waals surface area (Å²) < 4.78 is 5.31. The molecule has 1 heterocycles. The fourth-order valence-corrected chi connectivity index (χ4v) is 1.76. The molecule has 18 heavy (non-hydrogen) atoms. The highest BCUT2D eigenvalue weighted by Gasteiger charge is 2.24. The number of aliphatic hydroxyl groups is 2. The molecule has 1 aromatic rings. The first-order chi connectivity index (χ1) is 8.45. The van der Waals surface area contributed by atoms with E-state index < -0.39 is 18.2 Å². The Morgan fingerprint density at radius 3 is 2.89 bits per heavy atom. The molecule has 0 radical (unpaired) electrons. The zero-order valence-electron chi connectivity index (χ0n) is 9.84. The van der Waals surface area contributed by atoms with Crippen LogP contribution in [0.3, 0.4) is 0 Å². The van der Waals surface area contributed by atoms with Crippen molar-refractivity contribution in [3.05, 3.63) is 22.3 Å². The van der Waals surface area contributed by atoms with Gasteiger partial charge in [0.25, 0.3) is 0 Å². The summed E-state index contributed by atoms with van der Waals surface area (Å²) in [7, 11) is 0. The Hall–Kier alpha value is -1.18. The quantitative estimate of drug-likeness (QED) is 0.693. The molecule has 0 fully saturated rings. The van der Waals surface area contributed by atoms with Crippen molar-refractivity contribution in [2.75, 3.05) is 12.3 Å². The summed E-state index contributed by atoms with van der Waals surface area (Å²) in [5, 5.41) is 19.6. The highest BCUT2D eigenvalue weighted by Crippen LogP contribution is 2.26. The van der Waals surface area contributed by atoms with Crippen LogP contribution in [0.5, 0.6) is 0 Å². The summed E-state index contributed by atoms with van der Waals surface area (Å²) in [4.78, 5) is 15.0. The van der Waals surface area contributed by atoms with Crippen molar-refractivity contribution in [2.24, 2.45) is 0 Å². The summed E-state index contributed by atoms with van der Waals surface area (Å²) in [5.41, 5.74) is 5.86. The number of nitrogens with two attached hydrogens (primary N) is 1. The summed E-state index contributed by atoms with van der Waals surface area (Å²) in [5.74, 6) is -0.473. The van der Waals surface area contributed by atoms with E-state index >= 15 is 0 Å². The number of pyridine rings is 1. The van der Waals surface area contributed by atoms with Crippen LogP contribution in [0.1, 0.15) is 25.0 Å². The van der Waals surface area contributed by atoms with Gasteiger partial charge in [-0.1, -0.05) is 0 Å². The maximum atomic E-state index is 11.2. The average molecular weight is 319 g/mol. The number of nitrogens with zero attached hydrogens (tertiary/aromatic N) is 1. The van der Waals surface area contributed by atoms with Gasteiger partial charge in [0, 0.05) is 16.2 Å². The largest absolute Gasteiger partial charge is 0.466 e. The van der Waals surface area contributed by atoms with Crippen LogP contribution in [-0.4, -0.2) is 33.9 Å². The number of nitrogen functional groups attached to an aromatic ring is 1. The lowest BCUT2D eigenvalue weighted by Crippen LogP contribution is -2.24. The number of rotatable bonds is 5. The van der Waals surface area contributed by atoms with Crippen molar-refractivity contribution < 1.29 is 19.7 Å². The van der Waals surface area contributed by atoms with Gasteiger partial charge >= 0.3 is 5.97 Å². The van der Waals surface area contributed by atoms with Gasteiger partial charge in [-0.2, -0.15) is 0 Å². The van der Waals surface area contributed by atoms with Crippen LogP contribution in [-0.2, 0) is 9.53 Å². The minimum absolute atomic E-state index is 0.105. The number of esters is 1. The van der Waals surface area contributed by atoms with Crippen LogP contribution >= 0.6 is 15.9 Å². The van der Waals surface area contributed by atoms with Crippen LogP contribution in [0, 0.1) is 0 Å². The Balaban J connectivity index is 2.76. The molecule has 0 spiro atoms. The standard InChI is InChI=1S/C11H15BrN2O4/c1-2-18-9(16)4-8(15)10(17)7-3-6(12)5-14-11(7)13/h3,5,8,10,15,17H,2,4H2,1H3,(H2,13,14). The Bertz CT molecular complexity index is 428. The fraction of sp³-hybridized carbons (Fsp3) is 0.455. The van der Waals surface area contributed by atoms with E-state index in [1.54, 1.807) is 13.0 Å². The number of aromatic nitrogens is 1. The lowest BCUT2D eigenvalue weighted by atomic mass is 10.0. The van der Waals surface area contributed by atoms with Crippen molar-refractivity contribution in [1.29, 1.82) is 0 Å². The zero-order valence-corrected chi connectivity index (χ0v) is 11.4. The van der Waals surface area contributed by atoms with E-state index in [0.717, 1.165) is 0 Å². The topological polar surface area (TPSA) is 106 Å².